The summed E-state index contributed by atoms with van der Waals surface area (Å²) in [4.78, 5) is 14.9. The first kappa shape index (κ1) is 14.3. The van der Waals surface area contributed by atoms with Crippen LogP contribution in [0.15, 0.2) is 40.2 Å². The van der Waals surface area contributed by atoms with Crippen LogP contribution in [0.2, 0.25) is 0 Å². The number of likely N-dealkylation sites (N-methyl/N-ethyl adjacent to an activating group) is 1. The molecular formula is C15H16BrNOS. The zero-order valence-electron chi connectivity index (χ0n) is 11.0. The minimum Gasteiger partial charge on any atom is -0.373 e. The van der Waals surface area contributed by atoms with Crippen LogP contribution in [0.25, 0.3) is 0 Å². The predicted octanol–water partition coefficient (Wildman–Crippen LogP) is 4.39. The largest absolute Gasteiger partial charge is 0.373 e. The Hall–Kier alpha value is -1.13. The molecule has 0 aliphatic rings. The van der Waals surface area contributed by atoms with Gasteiger partial charge in [-0.3, -0.25) is 4.79 Å². The molecule has 0 fully saturated rings. The summed E-state index contributed by atoms with van der Waals surface area (Å²) >= 11 is 5.33. The number of anilines is 1. The van der Waals surface area contributed by atoms with Gasteiger partial charge in [-0.2, -0.15) is 0 Å². The van der Waals surface area contributed by atoms with Crippen LogP contribution in [0, 0.1) is 0 Å². The minimum absolute atomic E-state index is 0.0912. The fourth-order valence-corrected chi connectivity index (χ4v) is 3.27. The minimum atomic E-state index is 0.0912. The Morgan fingerprint density at radius 1 is 1.37 bits per heavy atom. The highest BCUT2D eigenvalue weighted by Gasteiger charge is 2.08. The van der Waals surface area contributed by atoms with Gasteiger partial charge < -0.3 is 4.90 Å². The first-order valence-electron chi connectivity index (χ1n) is 6.12. The third kappa shape index (κ3) is 3.67. The molecule has 0 radical (unpaired) electrons. The molecule has 4 heteroatoms. The van der Waals surface area contributed by atoms with Gasteiger partial charge in [-0.15, -0.1) is 11.3 Å². The van der Waals surface area contributed by atoms with Crippen LogP contribution in [0.1, 0.15) is 22.2 Å². The van der Waals surface area contributed by atoms with E-state index in [2.05, 4.69) is 45.4 Å². The summed E-state index contributed by atoms with van der Waals surface area (Å²) in [5, 5.41) is 2.10. The molecule has 1 heterocycles. The van der Waals surface area contributed by atoms with E-state index in [1.807, 2.05) is 18.2 Å². The van der Waals surface area contributed by atoms with Crippen molar-refractivity contribution >= 4 is 38.7 Å². The Morgan fingerprint density at radius 3 is 2.74 bits per heavy atom. The maximum Gasteiger partial charge on any atom is 0.159 e. The molecule has 0 unspecified atom stereocenters. The average Bonchev–Trinajstić information content (AvgIpc) is 2.88. The lowest BCUT2D eigenvalue weighted by molar-refractivity contribution is 0.101. The Balaban J connectivity index is 2.06. The zero-order chi connectivity index (χ0) is 13.8. The average molecular weight is 338 g/mol. The first-order valence-corrected chi connectivity index (χ1v) is 7.79. The molecule has 0 saturated heterocycles. The maximum atomic E-state index is 11.3. The van der Waals surface area contributed by atoms with Gasteiger partial charge in [-0.05, 0) is 58.9 Å². The third-order valence-electron chi connectivity index (χ3n) is 3.04. The summed E-state index contributed by atoms with van der Waals surface area (Å²) in [6.45, 7) is 2.54. The van der Waals surface area contributed by atoms with Gasteiger partial charge in [0.25, 0.3) is 0 Å². The second kappa shape index (κ2) is 6.35. The number of thiophene rings is 1. The Bertz CT molecular complexity index is 566. The number of Topliss-reactive ketones (excluding diaryl/α,β-unsaturated/α-hetero) is 1. The Labute approximate surface area is 126 Å². The maximum absolute atomic E-state index is 11.3. The van der Waals surface area contributed by atoms with E-state index in [1.165, 1.54) is 4.88 Å². The van der Waals surface area contributed by atoms with Crippen molar-refractivity contribution in [3.8, 4) is 0 Å². The number of benzene rings is 1. The highest BCUT2D eigenvalue weighted by Crippen LogP contribution is 2.27. The Morgan fingerprint density at radius 2 is 2.16 bits per heavy atom. The molecule has 2 nitrogen and oxygen atoms in total. The van der Waals surface area contributed by atoms with Gasteiger partial charge in [-0.25, -0.2) is 0 Å². The van der Waals surface area contributed by atoms with Crippen LogP contribution < -0.4 is 4.90 Å². The van der Waals surface area contributed by atoms with E-state index in [9.17, 15) is 4.79 Å². The van der Waals surface area contributed by atoms with Crippen molar-refractivity contribution in [1.29, 1.82) is 0 Å². The number of nitrogens with zero attached hydrogens (tertiary/aromatic N) is 1. The smallest absolute Gasteiger partial charge is 0.159 e. The topological polar surface area (TPSA) is 20.3 Å². The molecule has 0 amide bonds. The first-order chi connectivity index (χ1) is 9.08. The lowest BCUT2D eigenvalue weighted by Gasteiger charge is -2.20. The van der Waals surface area contributed by atoms with E-state index in [-0.39, 0.29) is 5.78 Å². The zero-order valence-corrected chi connectivity index (χ0v) is 13.4. The lowest BCUT2D eigenvalue weighted by Crippen LogP contribution is -2.20. The molecule has 100 valence electrons. The van der Waals surface area contributed by atoms with Crippen molar-refractivity contribution in [2.75, 3.05) is 18.5 Å². The molecular weight excluding hydrogens is 322 g/mol. The van der Waals surface area contributed by atoms with Crippen LogP contribution in [0.4, 0.5) is 5.69 Å². The number of rotatable bonds is 5. The lowest BCUT2D eigenvalue weighted by atomic mass is 10.1. The molecule has 0 atom stereocenters. The van der Waals surface area contributed by atoms with Crippen molar-refractivity contribution in [3.63, 3.8) is 0 Å². The summed E-state index contributed by atoms with van der Waals surface area (Å²) in [5.41, 5.74) is 1.85. The summed E-state index contributed by atoms with van der Waals surface area (Å²) in [5.74, 6) is 0.0912. The monoisotopic (exact) mass is 337 g/mol. The molecule has 0 saturated carbocycles. The molecule has 0 N–H and O–H groups in total. The van der Waals surface area contributed by atoms with Crippen molar-refractivity contribution in [1.82, 2.24) is 0 Å². The highest BCUT2D eigenvalue weighted by molar-refractivity contribution is 9.10. The quantitative estimate of drug-likeness (QED) is 0.754. The van der Waals surface area contributed by atoms with Crippen molar-refractivity contribution < 1.29 is 4.79 Å². The summed E-state index contributed by atoms with van der Waals surface area (Å²) in [6, 6.07) is 10.0. The molecule has 2 rings (SSSR count). The predicted molar refractivity (Wildman–Crippen MR) is 85.4 cm³/mol. The number of ketones is 1. The van der Waals surface area contributed by atoms with Gasteiger partial charge in [0, 0.05) is 28.5 Å². The van der Waals surface area contributed by atoms with Gasteiger partial charge in [-0.1, -0.05) is 6.07 Å². The second-order valence-corrected chi connectivity index (χ2v) is 6.36. The fourth-order valence-electron chi connectivity index (χ4n) is 1.89. The molecule has 0 bridgehead atoms. The van der Waals surface area contributed by atoms with Crippen molar-refractivity contribution in [2.24, 2.45) is 0 Å². The standard InChI is InChI=1S/C15H16BrNOS/c1-11(18)12-5-6-15(14(16)10-12)17(2)8-7-13-4-3-9-19-13/h3-6,9-10H,7-8H2,1-2H3. The molecule has 19 heavy (non-hydrogen) atoms. The summed E-state index contributed by atoms with van der Waals surface area (Å²) in [7, 11) is 2.07. The Kier molecular flexibility index (Phi) is 4.77. The molecule has 2 aromatic rings. The van der Waals surface area contributed by atoms with Crippen LogP contribution in [0.3, 0.4) is 0 Å². The van der Waals surface area contributed by atoms with E-state index in [4.69, 9.17) is 0 Å². The molecule has 0 aliphatic heterocycles. The van der Waals surface area contributed by atoms with Crippen LogP contribution in [0.5, 0.6) is 0 Å². The summed E-state index contributed by atoms with van der Waals surface area (Å²) in [6.07, 6.45) is 1.04. The summed E-state index contributed by atoms with van der Waals surface area (Å²) < 4.78 is 0.967. The second-order valence-electron chi connectivity index (χ2n) is 4.47. The van der Waals surface area contributed by atoms with Crippen LogP contribution in [-0.4, -0.2) is 19.4 Å². The molecule has 0 aliphatic carbocycles. The molecule has 1 aromatic heterocycles. The normalized spacial score (nSPS) is 10.5. The van der Waals surface area contributed by atoms with E-state index in [0.717, 1.165) is 28.7 Å². The van der Waals surface area contributed by atoms with E-state index in [1.54, 1.807) is 18.3 Å². The van der Waals surface area contributed by atoms with E-state index < -0.39 is 0 Å². The number of carbonyl (C=O) groups excluding carboxylic acids is 1. The van der Waals surface area contributed by atoms with E-state index in [0.29, 0.717) is 0 Å². The van der Waals surface area contributed by atoms with Crippen molar-refractivity contribution in [2.45, 2.75) is 13.3 Å². The van der Waals surface area contributed by atoms with Crippen LogP contribution in [-0.2, 0) is 6.42 Å². The molecule has 1 aromatic carbocycles. The van der Waals surface area contributed by atoms with Gasteiger partial charge >= 0.3 is 0 Å². The van der Waals surface area contributed by atoms with E-state index >= 15 is 0 Å². The fraction of sp³-hybridized carbons (Fsp3) is 0.267. The number of halogens is 1. The van der Waals surface area contributed by atoms with Crippen molar-refractivity contribution in [3.05, 3.63) is 50.6 Å². The number of hydrogen-bond acceptors (Lipinski definition) is 3. The van der Waals surface area contributed by atoms with Gasteiger partial charge in [0.1, 0.15) is 0 Å². The van der Waals surface area contributed by atoms with Crippen LogP contribution >= 0.6 is 27.3 Å². The van der Waals surface area contributed by atoms with Gasteiger partial charge in [0.2, 0.25) is 0 Å². The molecule has 0 spiro atoms. The van der Waals surface area contributed by atoms with Gasteiger partial charge in [0.05, 0.1) is 5.69 Å². The number of carbonyl (C=O) groups is 1. The van der Waals surface area contributed by atoms with Gasteiger partial charge in [0.15, 0.2) is 5.78 Å². The SMILES string of the molecule is CC(=O)c1ccc(N(C)CCc2cccs2)c(Br)c1. The third-order valence-corrected chi connectivity index (χ3v) is 4.61. The number of hydrogen-bond donors (Lipinski definition) is 0. The highest BCUT2D eigenvalue weighted by atomic mass is 79.9.